The van der Waals surface area contributed by atoms with Gasteiger partial charge in [-0.1, -0.05) is 25.1 Å². The van der Waals surface area contributed by atoms with Gasteiger partial charge in [0.1, 0.15) is 0 Å². The molecule has 3 nitrogen and oxygen atoms in total. The molecule has 0 unspecified atom stereocenters. The van der Waals surface area contributed by atoms with Crippen LogP contribution in [0.3, 0.4) is 0 Å². The number of aryl methyl sites for hydroxylation is 1. The first-order valence-electron chi connectivity index (χ1n) is 6.59. The fraction of sp³-hybridized carbons (Fsp3) is 0.250. The van der Waals surface area contributed by atoms with Crippen LogP contribution in [-0.2, 0) is 6.42 Å². The van der Waals surface area contributed by atoms with Crippen LogP contribution in [0, 0.1) is 11.3 Å². The first-order chi connectivity index (χ1) is 9.76. The quantitative estimate of drug-likeness (QED) is 0.836. The molecule has 0 aliphatic heterocycles. The molecule has 2 rings (SSSR count). The van der Waals surface area contributed by atoms with Crippen LogP contribution < -0.4 is 4.90 Å². The molecule has 0 aliphatic carbocycles. The van der Waals surface area contributed by atoms with E-state index in [1.807, 2.05) is 42.5 Å². The van der Waals surface area contributed by atoms with Crippen LogP contribution in [0.1, 0.15) is 27.9 Å². The first-order valence-corrected chi connectivity index (χ1v) is 7.40. The Hall–Kier alpha value is -2.12. The Morgan fingerprint density at radius 1 is 1.25 bits per heavy atom. The number of hydrogen-bond acceptors (Lipinski definition) is 3. The maximum absolute atomic E-state index is 12.6. The highest BCUT2D eigenvalue weighted by Gasteiger charge is 2.18. The number of hydrogen-bond donors (Lipinski definition) is 0. The molecule has 0 fully saturated rings. The van der Waals surface area contributed by atoms with Crippen molar-refractivity contribution in [3.05, 3.63) is 52.2 Å². The maximum Gasteiger partial charge on any atom is 0.268 e. The largest absolute Gasteiger partial charge is 0.307 e. The van der Waals surface area contributed by atoms with E-state index in [0.29, 0.717) is 13.0 Å². The second-order valence-electron chi connectivity index (χ2n) is 4.32. The number of anilines is 1. The third kappa shape index (κ3) is 3.25. The number of thiophene rings is 1. The molecule has 102 valence electrons. The van der Waals surface area contributed by atoms with Gasteiger partial charge in [-0.05, 0) is 30.7 Å². The fourth-order valence-electron chi connectivity index (χ4n) is 1.93. The summed E-state index contributed by atoms with van der Waals surface area (Å²) in [4.78, 5) is 16.2. The van der Waals surface area contributed by atoms with Crippen LogP contribution in [0.4, 0.5) is 5.69 Å². The van der Waals surface area contributed by atoms with E-state index in [0.717, 1.165) is 17.0 Å². The molecule has 0 bridgehead atoms. The van der Waals surface area contributed by atoms with Gasteiger partial charge in [-0.15, -0.1) is 11.3 Å². The molecule has 1 aromatic heterocycles. The molecule has 1 amide bonds. The minimum absolute atomic E-state index is 0.0313. The summed E-state index contributed by atoms with van der Waals surface area (Å²) < 4.78 is 0. The fourth-order valence-corrected chi connectivity index (χ4v) is 2.83. The summed E-state index contributed by atoms with van der Waals surface area (Å²) in [5, 5.41) is 8.77. The van der Waals surface area contributed by atoms with E-state index in [2.05, 4.69) is 13.0 Å². The van der Waals surface area contributed by atoms with Crippen molar-refractivity contribution in [2.75, 3.05) is 11.4 Å². The van der Waals surface area contributed by atoms with Crippen LogP contribution >= 0.6 is 11.3 Å². The molecule has 2 aromatic rings. The van der Waals surface area contributed by atoms with Crippen LogP contribution in [-0.4, -0.2) is 12.5 Å². The lowest BCUT2D eigenvalue weighted by Gasteiger charge is -2.21. The van der Waals surface area contributed by atoms with Gasteiger partial charge in [0.2, 0.25) is 0 Å². The highest BCUT2D eigenvalue weighted by molar-refractivity contribution is 7.14. The second-order valence-corrected chi connectivity index (χ2v) is 5.49. The van der Waals surface area contributed by atoms with E-state index in [9.17, 15) is 4.79 Å². The molecule has 1 heterocycles. The lowest BCUT2D eigenvalue weighted by molar-refractivity contribution is 0.0991. The highest BCUT2D eigenvalue weighted by atomic mass is 32.1. The number of nitrogens with zero attached hydrogens (tertiary/aromatic N) is 2. The van der Waals surface area contributed by atoms with E-state index in [4.69, 9.17) is 5.26 Å². The molecule has 0 atom stereocenters. The Balaban J connectivity index is 2.26. The van der Waals surface area contributed by atoms with Gasteiger partial charge in [-0.25, -0.2) is 0 Å². The summed E-state index contributed by atoms with van der Waals surface area (Å²) in [5.74, 6) is -0.0313. The Bertz CT molecular complexity index is 613. The molecular formula is C16H16N2OS. The standard InChI is InChI=1S/C16H16N2OS/c1-2-14-9-10-15(20-14)16(19)18(12-6-11-17)13-7-4-3-5-8-13/h3-5,7-10H,2,6,12H2,1H3. The van der Waals surface area contributed by atoms with Gasteiger partial charge in [0.25, 0.3) is 5.91 Å². The van der Waals surface area contributed by atoms with E-state index in [-0.39, 0.29) is 5.91 Å². The minimum atomic E-state index is -0.0313. The van der Waals surface area contributed by atoms with E-state index in [1.165, 1.54) is 16.2 Å². The Morgan fingerprint density at radius 3 is 2.60 bits per heavy atom. The maximum atomic E-state index is 12.6. The Kier molecular flexibility index (Phi) is 4.91. The van der Waals surface area contributed by atoms with E-state index in [1.54, 1.807) is 4.90 Å². The lowest BCUT2D eigenvalue weighted by Crippen LogP contribution is -2.31. The zero-order chi connectivity index (χ0) is 14.4. The molecule has 4 heteroatoms. The van der Waals surface area contributed by atoms with Gasteiger partial charge >= 0.3 is 0 Å². The summed E-state index contributed by atoms with van der Waals surface area (Å²) in [6, 6.07) is 15.5. The van der Waals surface area contributed by atoms with Gasteiger partial charge in [-0.2, -0.15) is 5.26 Å². The monoisotopic (exact) mass is 284 g/mol. The molecule has 0 radical (unpaired) electrons. The minimum Gasteiger partial charge on any atom is -0.307 e. The van der Waals surface area contributed by atoms with Gasteiger partial charge < -0.3 is 4.90 Å². The van der Waals surface area contributed by atoms with Crippen LogP contribution in [0.2, 0.25) is 0 Å². The van der Waals surface area contributed by atoms with Gasteiger partial charge in [0.05, 0.1) is 17.4 Å². The Morgan fingerprint density at radius 2 is 2.00 bits per heavy atom. The van der Waals surface area contributed by atoms with Crippen molar-refractivity contribution >= 4 is 22.9 Å². The van der Waals surface area contributed by atoms with Crippen molar-refractivity contribution in [1.29, 1.82) is 5.26 Å². The third-order valence-electron chi connectivity index (χ3n) is 2.98. The number of carbonyl (C=O) groups excluding carboxylic acids is 1. The number of para-hydroxylation sites is 1. The third-order valence-corrected chi connectivity index (χ3v) is 4.20. The normalized spacial score (nSPS) is 10.0. The summed E-state index contributed by atoms with van der Waals surface area (Å²) in [7, 11) is 0. The molecule has 0 saturated carbocycles. The topological polar surface area (TPSA) is 44.1 Å². The molecule has 1 aromatic carbocycles. The van der Waals surface area contributed by atoms with Gasteiger partial charge in [0.15, 0.2) is 0 Å². The molecule has 0 saturated heterocycles. The van der Waals surface area contributed by atoms with Gasteiger partial charge in [0, 0.05) is 17.1 Å². The Labute approximate surface area is 123 Å². The highest BCUT2D eigenvalue weighted by Crippen LogP contribution is 2.22. The number of benzene rings is 1. The van der Waals surface area contributed by atoms with Crippen LogP contribution in [0.5, 0.6) is 0 Å². The van der Waals surface area contributed by atoms with Crippen molar-refractivity contribution < 1.29 is 4.79 Å². The van der Waals surface area contributed by atoms with Crippen molar-refractivity contribution in [2.45, 2.75) is 19.8 Å². The van der Waals surface area contributed by atoms with Crippen molar-refractivity contribution in [3.8, 4) is 6.07 Å². The first kappa shape index (κ1) is 14.3. The summed E-state index contributed by atoms with van der Waals surface area (Å²) in [5.41, 5.74) is 0.833. The summed E-state index contributed by atoms with van der Waals surface area (Å²) in [6.07, 6.45) is 1.26. The molecule has 0 N–H and O–H groups in total. The summed E-state index contributed by atoms with van der Waals surface area (Å²) in [6.45, 7) is 2.49. The van der Waals surface area contributed by atoms with E-state index < -0.39 is 0 Å². The molecule has 20 heavy (non-hydrogen) atoms. The zero-order valence-electron chi connectivity index (χ0n) is 11.4. The molecular weight excluding hydrogens is 268 g/mol. The smallest absolute Gasteiger partial charge is 0.268 e. The molecule has 0 aliphatic rings. The second kappa shape index (κ2) is 6.88. The number of amides is 1. The predicted molar refractivity (Wildman–Crippen MR) is 82.0 cm³/mol. The van der Waals surface area contributed by atoms with Crippen molar-refractivity contribution in [3.63, 3.8) is 0 Å². The molecule has 0 spiro atoms. The predicted octanol–water partition coefficient (Wildman–Crippen LogP) is 3.87. The number of carbonyl (C=O) groups is 1. The van der Waals surface area contributed by atoms with E-state index >= 15 is 0 Å². The van der Waals surface area contributed by atoms with Crippen molar-refractivity contribution in [1.82, 2.24) is 0 Å². The van der Waals surface area contributed by atoms with Gasteiger partial charge in [-0.3, -0.25) is 4.79 Å². The van der Waals surface area contributed by atoms with Crippen LogP contribution in [0.25, 0.3) is 0 Å². The SMILES string of the molecule is CCc1ccc(C(=O)N(CCC#N)c2ccccc2)s1. The van der Waals surface area contributed by atoms with Crippen molar-refractivity contribution in [2.24, 2.45) is 0 Å². The summed E-state index contributed by atoms with van der Waals surface area (Å²) >= 11 is 1.52. The zero-order valence-corrected chi connectivity index (χ0v) is 12.2. The van der Waals surface area contributed by atoms with Crippen LogP contribution in [0.15, 0.2) is 42.5 Å². The average molecular weight is 284 g/mol. The number of rotatable bonds is 5. The average Bonchev–Trinajstić information content (AvgIpc) is 2.97. The number of nitriles is 1. The lowest BCUT2D eigenvalue weighted by atomic mass is 10.2.